The summed E-state index contributed by atoms with van der Waals surface area (Å²) in [6.07, 6.45) is 32.0. The first-order chi connectivity index (χ1) is 8.00. The van der Waals surface area contributed by atoms with Crippen LogP contribution in [-0.4, -0.2) is 0 Å². The second kappa shape index (κ2) is 16.4. The monoisotopic (exact) mass is 516 g/mol. The van der Waals surface area contributed by atoms with Crippen LogP contribution in [0.5, 0.6) is 0 Å². The van der Waals surface area contributed by atoms with Gasteiger partial charge in [-0.15, -0.1) is 0 Å². The maximum Gasteiger partial charge on any atom is 0 e. The van der Waals surface area contributed by atoms with Crippen LogP contribution in [0.3, 0.4) is 0 Å². The fraction of sp³-hybridized carbons (Fsp3) is 0. The summed E-state index contributed by atoms with van der Waals surface area (Å²) in [6.45, 7) is 0. The molecule has 0 N–H and O–H groups in total. The van der Waals surface area contributed by atoms with Gasteiger partial charge in [0, 0.05) is 22.4 Å². The van der Waals surface area contributed by atoms with E-state index in [1.807, 2.05) is 97.2 Å². The summed E-state index contributed by atoms with van der Waals surface area (Å²) in [4.78, 5) is 0. The summed E-state index contributed by atoms with van der Waals surface area (Å²) in [5, 5.41) is 0. The average molecular weight is 516 g/mol. The van der Waals surface area contributed by atoms with Gasteiger partial charge in [-0.2, -0.15) is 0 Å². The summed E-state index contributed by atoms with van der Waals surface area (Å²) in [6, 6.07) is 0. The molecule has 2 aliphatic rings. The van der Waals surface area contributed by atoms with E-state index < -0.39 is 0 Å². The molecule has 1 radical (unpaired) electrons. The third-order valence-corrected chi connectivity index (χ3v) is 1.78. The van der Waals surface area contributed by atoms with Crippen LogP contribution in [0, 0.1) is 0 Å². The van der Waals surface area contributed by atoms with Crippen LogP contribution in [-0.2, 0) is 22.4 Å². The quantitative estimate of drug-likeness (QED) is 0.428. The minimum Gasteiger partial charge on any atom is -1.00 e. The normalized spacial score (nSPS) is 28.4. The van der Waals surface area contributed by atoms with Crippen molar-refractivity contribution in [2.24, 2.45) is 0 Å². The molecule has 2 heteroatoms. The fourth-order valence-electron chi connectivity index (χ4n) is 1.03. The fourth-order valence-corrected chi connectivity index (χ4v) is 1.03. The van der Waals surface area contributed by atoms with Crippen molar-refractivity contribution in [3.63, 3.8) is 0 Å². The summed E-state index contributed by atoms with van der Waals surface area (Å²) >= 11 is 0. The van der Waals surface area contributed by atoms with E-state index >= 15 is 0 Å². The molecule has 0 amide bonds. The molecule has 0 fully saturated rings. The second-order valence-electron chi connectivity index (χ2n) is 3.08. The van der Waals surface area contributed by atoms with Crippen LogP contribution < -0.4 is 24.0 Å². The molecule has 0 aliphatic heterocycles. The van der Waals surface area contributed by atoms with Crippen molar-refractivity contribution in [2.75, 3.05) is 0 Å². The first kappa shape index (κ1) is 19.7. The van der Waals surface area contributed by atoms with Crippen LogP contribution in [0.1, 0.15) is 0 Å². The first-order valence-corrected chi connectivity index (χ1v) is 5.33. The molecule has 93 valence electrons. The van der Waals surface area contributed by atoms with E-state index in [2.05, 4.69) is 0 Å². The predicted octanol–water partition coefficient (Wildman–Crippen LogP) is 1.45. The molecule has 0 heterocycles. The summed E-state index contributed by atoms with van der Waals surface area (Å²) in [5.74, 6) is 0. The number of halogens is 1. The molecular formula is C16H16ITa-. The topological polar surface area (TPSA) is 0 Å². The predicted molar refractivity (Wildman–Crippen MR) is 73.1 cm³/mol. The number of allylic oxidation sites excluding steroid dienone is 16. The van der Waals surface area contributed by atoms with Crippen molar-refractivity contribution in [1.29, 1.82) is 0 Å². The van der Waals surface area contributed by atoms with E-state index in [1.165, 1.54) is 0 Å². The van der Waals surface area contributed by atoms with Gasteiger partial charge >= 0.3 is 0 Å². The molecule has 2 aliphatic carbocycles. The Balaban J connectivity index is 0. The second-order valence-corrected chi connectivity index (χ2v) is 3.08. The number of rotatable bonds is 0. The largest absolute Gasteiger partial charge is 1.00 e. The van der Waals surface area contributed by atoms with E-state index in [0.29, 0.717) is 0 Å². The minimum atomic E-state index is 0. The first-order valence-electron chi connectivity index (χ1n) is 5.33. The van der Waals surface area contributed by atoms with E-state index in [0.717, 1.165) is 0 Å². The molecule has 18 heavy (non-hydrogen) atoms. The third-order valence-electron chi connectivity index (χ3n) is 1.78. The third kappa shape index (κ3) is 13.5. The molecule has 0 nitrogen and oxygen atoms in total. The van der Waals surface area contributed by atoms with Gasteiger partial charge in [-0.1, -0.05) is 97.2 Å². The zero-order valence-corrected chi connectivity index (χ0v) is 15.4. The van der Waals surface area contributed by atoms with Crippen molar-refractivity contribution in [3.8, 4) is 0 Å². The van der Waals surface area contributed by atoms with Crippen LogP contribution in [0.25, 0.3) is 0 Å². The van der Waals surface area contributed by atoms with Crippen molar-refractivity contribution in [1.82, 2.24) is 0 Å². The Labute approximate surface area is 142 Å². The van der Waals surface area contributed by atoms with Gasteiger partial charge in [0.25, 0.3) is 0 Å². The van der Waals surface area contributed by atoms with Gasteiger partial charge in [0.2, 0.25) is 0 Å². The van der Waals surface area contributed by atoms with Gasteiger partial charge < -0.3 is 24.0 Å². The standard InChI is InChI=1S/2C8H8.HI.Ta/c2*1-2-4-6-8-7-5-3-1;;/h2*1-8H;1H;/p-1/b2-1-,3-1?,4-2?,5-3-,6-4+,7-5?,8-6?,8-7+;2-1-,3-1?,4-2?,5-3-,6-4-,7-5?,8-6?,8-7-;;. The summed E-state index contributed by atoms with van der Waals surface area (Å²) < 4.78 is 0. The Morgan fingerprint density at radius 1 is 0.222 bits per heavy atom. The number of hydrogen-bond acceptors (Lipinski definition) is 0. The van der Waals surface area contributed by atoms with Crippen LogP contribution in [0.2, 0.25) is 0 Å². The van der Waals surface area contributed by atoms with E-state index in [4.69, 9.17) is 0 Å². The van der Waals surface area contributed by atoms with Crippen molar-refractivity contribution in [3.05, 3.63) is 97.2 Å². The molecule has 0 atom stereocenters. The van der Waals surface area contributed by atoms with Gasteiger partial charge in [-0.3, -0.25) is 0 Å². The van der Waals surface area contributed by atoms with E-state index in [-0.39, 0.29) is 46.4 Å². The molecule has 0 saturated carbocycles. The Morgan fingerprint density at radius 3 is 0.333 bits per heavy atom. The minimum absolute atomic E-state index is 0. The molecule has 2 rings (SSSR count). The van der Waals surface area contributed by atoms with Crippen LogP contribution in [0.4, 0.5) is 0 Å². The Hall–Kier alpha value is -0.610. The van der Waals surface area contributed by atoms with E-state index in [9.17, 15) is 0 Å². The molecule has 0 bridgehead atoms. The molecule has 0 unspecified atom stereocenters. The average Bonchev–Trinajstić information content (AvgIpc) is 2.15. The Bertz CT molecular complexity index is 253. The van der Waals surface area contributed by atoms with Crippen molar-refractivity contribution in [2.45, 2.75) is 0 Å². The molecule has 0 spiro atoms. The van der Waals surface area contributed by atoms with Gasteiger partial charge in [-0.25, -0.2) is 0 Å². The van der Waals surface area contributed by atoms with E-state index in [1.54, 1.807) is 0 Å². The van der Waals surface area contributed by atoms with Gasteiger partial charge in [0.05, 0.1) is 0 Å². The van der Waals surface area contributed by atoms with Crippen LogP contribution in [0.15, 0.2) is 97.2 Å². The number of hydrogen-bond donors (Lipinski definition) is 0. The van der Waals surface area contributed by atoms with Gasteiger partial charge in [0.15, 0.2) is 0 Å². The van der Waals surface area contributed by atoms with Crippen LogP contribution >= 0.6 is 0 Å². The molecule has 0 aromatic rings. The van der Waals surface area contributed by atoms with Crippen molar-refractivity contribution >= 4 is 0 Å². The zero-order chi connectivity index (χ0) is 11.3. The molecule has 0 saturated heterocycles. The summed E-state index contributed by atoms with van der Waals surface area (Å²) in [5.41, 5.74) is 0. The SMILES string of the molecule is C1=C\C=C/C=C\C=C/1.C1=C\C=C\C=C\C=C/1.[I-].[Ta]. The zero-order valence-electron chi connectivity index (χ0n) is 10.1. The molecular weight excluding hydrogens is 500 g/mol. The summed E-state index contributed by atoms with van der Waals surface area (Å²) in [7, 11) is 0. The molecule has 0 aromatic carbocycles. The van der Waals surface area contributed by atoms with Crippen molar-refractivity contribution < 1.29 is 46.4 Å². The molecule has 0 aromatic heterocycles. The maximum atomic E-state index is 2.00. The van der Waals surface area contributed by atoms with Gasteiger partial charge in [-0.05, 0) is 0 Å². The Morgan fingerprint density at radius 2 is 0.278 bits per heavy atom. The smallest absolute Gasteiger partial charge is 0 e. The maximum absolute atomic E-state index is 2.00. The Kier molecular flexibility index (Phi) is 18.0. The van der Waals surface area contributed by atoms with Gasteiger partial charge in [0.1, 0.15) is 0 Å².